The molecule has 0 heterocycles. The molecule has 88 valence electrons. The lowest BCUT2D eigenvalue weighted by Gasteiger charge is -2.26. The second kappa shape index (κ2) is 4.42. The number of rotatable bonds is 4. The Bertz CT molecular complexity index is 372. The molecule has 3 heteroatoms. The zero-order valence-corrected chi connectivity index (χ0v) is 9.91. The fourth-order valence-electron chi connectivity index (χ4n) is 2.16. The van der Waals surface area contributed by atoms with Gasteiger partial charge in [-0.1, -0.05) is 0 Å². The second-order valence-corrected chi connectivity index (χ2v) is 4.51. The summed E-state index contributed by atoms with van der Waals surface area (Å²) in [5.74, 6) is -0.206. The lowest BCUT2D eigenvalue weighted by molar-refractivity contribution is 0.621. The molecule has 1 fully saturated rings. The van der Waals surface area contributed by atoms with Crippen LogP contribution in [-0.2, 0) is 0 Å². The van der Waals surface area contributed by atoms with Gasteiger partial charge >= 0.3 is 0 Å². The van der Waals surface area contributed by atoms with Gasteiger partial charge < -0.3 is 10.6 Å². The van der Waals surface area contributed by atoms with Crippen molar-refractivity contribution in [1.82, 2.24) is 0 Å². The first-order valence-corrected chi connectivity index (χ1v) is 5.95. The standard InChI is InChI=1S/C13H19FN2/c1-3-16(11-5-6-11)13-7-4-10(14)8-12(13)9(2)15/h4,7-9,11H,3,5-6,15H2,1-2H3/t9-/m0/s1. The van der Waals surface area contributed by atoms with Crippen LogP contribution in [0, 0.1) is 5.82 Å². The zero-order valence-electron chi connectivity index (χ0n) is 9.91. The minimum Gasteiger partial charge on any atom is -0.369 e. The summed E-state index contributed by atoms with van der Waals surface area (Å²) in [4.78, 5) is 2.33. The van der Waals surface area contributed by atoms with Crippen LogP contribution in [0.3, 0.4) is 0 Å². The van der Waals surface area contributed by atoms with E-state index in [1.807, 2.05) is 13.0 Å². The third-order valence-corrected chi connectivity index (χ3v) is 3.12. The summed E-state index contributed by atoms with van der Waals surface area (Å²) in [5.41, 5.74) is 7.91. The summed E-state index contributed by atoms with van der Waals surface area (Å²) in [6.07, 6.45) is 2.48. The van der Waals surface area contributed by atoms with Gasteiger partial charge in [-0.25, -0.2) is 4.39 Å². The molecular weight excluding hydrogens is 203 g/mol. The van der Waals surface area contributed by atoms with E-state index in [-0.39, 0.29) is 11.9 Å². The van der Waals surface area contributed by atoms with E-state index >= 15 is 0 Å². The molecule has 0 aliphatic heterocycles. The number of hydrogen-bond donors (Lipinski definition) is 1. The second-order valence-electron chi connectivity index (χ2n) is 4.51. The molecule has 2 rings (SSSR count). The Balaban J connectivity index is 2.37. The molecule has 16 heavy (non-hydrogen) atoms. The average molecular weight is 222 g/mol. The molecule has 0 saturated heterocycles. The topological polar surface area (TPSA) is 29.3 Å². The third kappa shape index (κ3) is 2.19. The summed E-state index contributed by atoms with van der Waals surface area (Å²) in [7, 11) is 0. The van der Waals surface area contributed by atoms with Gasteiger partial charge in [-0.3, -0.25) is 0 Å². The highest BCUT2D eigenvalue weighted by Crippen LogP contribution is 2.35. The van der Waals surface area contributed by atoms with Crippen molar-refractivity contribution < 1.29 is 4.39 Å². The Morgan fingerprint density at radius 2 is 2.19 bits per heavy atom. The molecule has 1 aromatic carbocycles. The molecule has 2 nitrogen and oxygen atoms in total. The van der Waals surface area contributed by atoms with Crippen LogP contribution in [-0.4, -0.2) is 12.6 Å². The first-order chi connectivity index (χ1) is 7.63. The molecule has 1 saturated carbocycles. The van der Waals surface area contributed by atoms with Gasteiger partial charge in [-0.2, -0.15) is 0 Å². The fraction of sp³-hybridized carbons (Fsp3) is 0.538. The summed E-state index contributed by atoms with van der Waals surface area (Å²) in [5, 5.41) is 0. The van der Waals surface area contributed by atoms with Gasteiger partial charge in [0.2, 0.25) is 0 Å². The fourth-order valence-corrected chi connectivity index (χ4v) is 2.16. The molecule has 0 unspecified atom stereocenters. The van der Waals surface area contributed by atoms with Crippen molar-refractivity contribution in [3.05, 3.63) is 29.6 Å². The van der Waals surface area contributed by atoms with E-state index in [0.717, 1.165) is 17.8 Å². The van der Waals surface area contributed by atoms with Gasteiger partial charge in [-0.05, 0) is 50.5 Å². The maximum atomic E-state index is 13.2. The van der Waals surface area contributed by atoms with Gasteiger partial charge in [0, 0.05) is 24.3 Å². The quantitative estimate of drug-likeness (QED) is 0.848. The Hall–Kier alpha value is -1.09. The summed E-state index contributed by atoms with van der Waals surface area (Å²) < 4.78 is 13.2. The van der Waals surface area contributed by atoms with Gasteiger partial charge in [0.05, 0.1) is 0 Å². The first kappa shape index (κ1) is 11.4. The predicted molar refractivity (Wildman–Crippen MR) is 65.0 cm³/mol. The number of nitrogens with two attached hydrogens (primary N) is 1. The zero-order chi connectivity index (χ0) is 11.7. The van der Waals surface area contributed by atoms with Gasteiger partial charge in [-0.15, -0.1) is 0 Å². The molecule has 0 radical (unpaired) electrons. The summed E-state index contributed by atoms with van der Waals surface area (Å²) in [6.45, 7) is 4.99. The molecule has 0 bridgehead atoms. The molecule has 0 spiro atoms. The van der Waals surface area contributed by atoms with Crippen LogP contribution in [0.1, 0.15) is 38.3 Å². The largest absolute Gasteiger partial charge is 0.369 e. The van der Waals surface area contributed by atoms with Gasteiger partial charge in [0.25, 0.3) is 0 Å². The lowest BCUT2D eigenvalue weighted by atomic mass is 10.1. The predicted octanol–water partition coefficient (Wildman–Crippen LogP) is 2.83. The van der Waals surface area contributed by atoms with E-state index in [9.17, 15) is 4.39 Å². The van der Waals surface area contributed by atoms with Crippen molar-refractivity contribution in [2.45, 2.75) is 38.8 Å². The van der Waals surface area contributed by atoms with Crippen molar-refractivity contribution in [2.24, 2.45) is 5.73 Å². The minimum atomic E-state index is -0.206. The smallest absolute Gasteiger partial charge is 0.123 e. The minimum absolute atomic E-state index is 0.126. The van der Waals surface area contributed by atoms with E-state index in [2.05, 4.69) is 11.8 Å². The highest BCUT2D eigenvalue weighted by atomic mass is 19.1. The SMILES string of the molecule is CCN(c1ccc(F)cc1[C@H](C)N)C1CC1. The van der Waals surface area contributed by atoms with E-state index in [1.165, 1.54) is 18.9 Å². The van der Waals surface area contributed by atoms with Crippen molar-refractivity contribution in [1.29, 1.82) is 0 Å². The Kier molecular flexibility index (Phi) is 3.15. The van der Waals surface area contributed by atoms with E-state index in [0.29, 0.717) is 6.04 Å². The van der Waals surface area contributed by atoms with Crippen molar-refractivity contribution in [3.63, 3.8) is 0 Å². The number of anilines is 1. The maximum Gasteiger partial charge on any atom is 0.123 e. The molecule has 0 amide bonds. The molecule has 1 atom stereocenters. The van der Waals surface area contributed by atoms with Crippen molar-refractivity contribution in [3.8, 4) is 0 Å². The average Bonchev–Trinajstić information content (AvgIpc) is 3.05. The number of hydrogen-bond acceptors (Lipinski definition) is 2. The molecular formula is C13H19FN2. The molecule has 1 aliphatic rings. The Morgan fingerprint density at radius 1 is 1.50 bits per heavy atom. The van der Waals surface area contributed by atoms with E-state index < -0.39 is 0 Å². The normalized spacial score (nSPS) is 17.2. The lowest BCUT2D eigenvalue weighted by Crippen LogP contribution is -2.27. The van der Waals surface area contributed by atoms with Crippen LogP contribution in [0.2, 0.25) is 0 Å². The van der Waals surface area contributed by atoms with Crippen LogP contribution < -0.4 is 10.6 Å². The monoisotopic (exact) mass is 222 g/mol. The highest BCUT2D eigenvalue weighted by molar-refractivity contribution is 5.56. The molecule has 2 N–H and O–H groups in total. The molecule has 0 aromatic heterocycles. The van der Waals surface area contributed by atoms with E-state index in [1.54, 1.807) is 6.07 Å². The van der Waals surface area contributed by atoms with Crippen molar-refractivity contribution >= 4 is 5.69 Å². The van der Waals surface area contributed by atoms with Crippen LogP contribution in [0.5, 0.6) is 0 Å². The highest BCUT2D eigenvalue weighted by Gasteiger charge is 2.29. The maximum absolute atomic E-state index is 13.2. The number of halogens is 1. The van der Waals surface area contributed by atoms with E-state index in [4.69, 9.17) is 5.73 Å². The van der Waals surface area contributed by atoms with Crippen LogP contribution in [0.4, 0.5) is 10.1 Å². The van der Waals surface area contributed by atoms with Gasteiger partial charge in [0.15, 0.2) is 0 Å². The van der Waals surface area contributed by atoms with Crippen LogP contribution in [0.25, 0.3) is 0 Å². The van der Waals surface area contributed by atoms with Crippen LogP contribution >= 0.6 is 0 Å². The number of nitrogens with zero attached hydrogens (tertiary/aromatic N) is 1. The Morgan fingerprint density at radius 3 is 2.69 bits per heavy atom. The molecule has 1 aliphatic carbocycles. The van der Waals surface area contributed by atoms with Crippen LogP contribution in [0.15, 0.2) is 18.2 Å². The summed E-state index contributed by atoms with van der Waals surface area (Å²) >= 11 is 0. The Labute approximate surface area is 96.2 Å². The molecule has 1 aromatic rings. The van der Waals surface area contributed by atoms with Crippen molar-refractivity contribution in [2.75, 3.05) is 11.4 Å². The third-order valence-electron chi connectivity index (χ3n) is 3.12. The summed E-state index contributed by atoms with van der Waals surface area (Å²) in [6, 6.07) is 5.44. The first-order valence-electron chi connectivity index (χ1n) is 5.95. The van der Waals surface area contributed by atoms with Gasteiger partial charge in [0.1, 0.15) is 5.82 Å². The number of benzene rings is 1.